The van der Waals surface area contributed by atoms with E-state index in [1.807, 2.05) is 30.3 Å². The van der Waals surface area contributed by atoms with Gasteiger partial charge >= 0.3 is 0 Å². The molecule has 0 amide bonds. The van der Waals surface area contributed by atoms with E-state index >= 15 is 0 Å². The van der Waals surface area contributed by atoms with Crippen molar-refractivity contribution in [2.24, 2.45) is 0 Å². The summed E-state index contributed by atoms with van der Waals surface area (Å²) in [7, 11) is 1.58. The van der Waals surface area contributed by atoms with Crippen molar-refractivity contribution in [2.75, 3.05) is 12.4 Å². The summed E-state index contributed by atoms with van der Waals surface area (Å²) in [4.78, 5) is 0. The third-order valence-corrected chi connectivity index (χ3v) is 3.08. The number of anilines is 1. The van der Waals surface area contributed by atoms with Crippen LogP contribution in [0.4, 0.5) is 5.69 Å². The fourth-order valence-corrected chi connectivity index (χ4v) is 1.95. The molecule has 0 atom stereocenters. The number of nitrogens with one attached hydrogen (secondary N) is 1. The van der Waals surface area contributed by atoms with Crippen LogP contribution in [-0.4, -0.2) is 7.11 Å². The lowest BCUT2D eigenvalue weighted by atomic mass is 10.1. The molecule has 2 aromatic rings. The van der Waals surface area contributed by atoms with Crippen molar-refractivity contribution in [3.8, 4) is 11.8 Å². The van der Waals surface area contributed by atoms with Crippen molar-refractivity contribution in [1.29, 1.82) is 5.26 Å². The molecule has 96 valence electrons. The predicted octanol–water partition coefficient (Wildman–Crippen LogP) is 3.83. The number of rotatable bonds is 4. The highest BCUT2D eigenvalue weighted by atomic mass is 35.5. The topological polar surface area (TPSA) is 45.0 Å². The molecule has 0 saturated heterocycles. The maximum absolute atomic E-state index is 9.02. The lowest BCUT2D eigenvalue weighted by Crippen LogP contribution is -2.01. The smallest absolute Gasteiger partial charge is 0.139 e. The monoisotopic (exact) mass is 272 g/mol. The molecule has 0 aromatic heterocycles. The van der Waals surface area contributed by atoms with Gasteiger partial charge in [0.25, 0.3) is 0 Å². The third-order valence-electron chi connectivity index (χ3n) is 2.77. The summed E-state index contributed by atoms with van der Waals surface area (Å²) in [6, 6.07) is 15.2. The molecule has 19 heavy (non-hydrogen) atoms. The second kappa shape index (κ2) is 6.12. The molecular formula is C15H13ClN2O. The molecule has 3 nitrogen and oxygen atoms in total. The molecule has 0 heterocycles. The molecule has 0 aliphatic heterocycles. The molecule has 0 radical (unpaired) electrons. The van der Waals surface area contributed by atoms with Crippen LogP contribution < -0.4 is 10.1 Å². The molecular weight excluding hydrogens is 260 g/mol. The van der Waals surface area contributed by atoms with Gasteiger partial charge in [0.05, 0.1) is 23.8 Å². The minimum Gasteiger partial charge on any atom is -0.495 e. The number of nitriles is 1. The van der Waals surface area contributed by atoms with Crippen LogP contribution in [0.5, 0.6) is 5.75 Å². The SMILES string of the molecule is COc1cc(NCc2ccccc2C#N)ccc1Cl. The van der Waals surface area contributed by atoms with Crippen LogP contribution in [0.3, 0.4) is 0 Å². The maximum atomic E-state index is 9.02. The first kappa shape index (κ1) is 13.3. The van der Waals surface area contributed by atoms with Crippen LogP contribution in [-0.2, 0) is 6.54 Å². The summed E-state index contributed by atoms with van der Waals surface area (Å²) in [5.41, 5.74) is 2.53. The van der Waals surface area contributed by atoms with Crippen LogP contribution in [0, 0.1) is 11.3 Å². The number of nitrogens with zero attached hydrogens (tertiary/aromatic N) is 1. The van der Waals surface area contributed by atoms with E-state index in [9.17, 15) is 0 Å². The largest absolute Gasteiger partial charge is 0.495 e. The number of hydrogen-bond acceptors (Lipinski definition) is 3. The van der Waals surface area contributed by atoms with Crippen LogP contribution in [0.2, 0.25) is 5.02 Å². The number of hydrogen-bond donors (Lipinski definition) is 1. The molecule has 0 saturated carbocycles. The maximum Gasteiger partial charge on any atom is 0.139 e. The molecule has 2 rings (SSSR count). The Hall–Kier alpha value is -2.18. The van der Waals surface area contributed by atoms with Crippen molar-refractivity contribution >= 4 is 17.3 Å². The van der Waals surface area contributed by atoms with E-state index in [1.165, 1.54) is 0 Å². The Morgan fingerprint density at radius 3 is 2.79 bits per heavy atom. The summed E-state index contributed by atoms with van der Waals surface area (Å²) in [6.45, 7) is 0.578. The van der Waals surface area contributed by atoms with E-state index in [2.05, 4.69) is 11.4 Å². The van der Waals surface area contributed by atoms with Crippen molar-refractivity contribution in [1.82, 2.24) is 0 Å². The second-order valence-corrected chi connectivity index (χ2v) is 4.38. The van der Waals surface area contributed by atoms with E-state index < -0.39 is 0 Å². The third kappa shape index (κ3) is 3.18. The highest BCUT2D eigenvalue weighted by Gasteiger charge is 2.03. The molecule has 0 aliphatic rings. The summed E-state index contributed by atoms with van der Waals surface area (Å²) >= 11 is 5.97. The van der Waals surface area contributed by atoms with E-state index in [-0.39, 0.29) is 0 Å². The van der Waals surface area contributed by atoms with Gasteiger partial charge in [-0.05, 0) is 23.8 Å². The number of halogens is 1. The molecule has 1 N–H and O–H groups in total. The van der Waals surface area contributed by atoms with Gasteiger partial charge in [0, 0.05) is 18.3 Å². The predicted molar refractivity (Wildman–Crippen MR) is 76.5 cm³/mol. The van der Waals surface area contributed by atoms with Crippen molar-refractivity contribution in [3.05, 3.63) is 58.6 Å². The molecule has 4 heteroatoms. The quantitative estimate of drug-likeness (QED) is 0.920. The zero-order chi connectivity index (χ0) is 13.7. The van der Waals surface area contributed by atoms with Crippen LogP contribution >= 0.6 is 11.6 Å². The van der Waals surface area contributed by atoms with Gasteiger partial charge in [0.15, 0.2) is 0 Å². The number of benzene rings is 2. The highest BCUT2D eigenvalue weighted by molar-refractivity contribution is 6.32. The Balaban J connectivity index is 2.13. The average molecular weight is 273 g/mol. The van der Waals surface area contributed by atoms with Crippen LogP contribution in [0.15, 0.2) is 42.5 Å². The molecule has 0 aliphatic carbocycles. The molecule has 0 unspecified atom stereocenters. The summed E-state index contributed by atoms with van der Waals surface area (Å²) in [5.74, 6) is 0.625. The van der Waals surface area contributed by atoms with E-state index in [0.29, 0.717) is 22.9 Å². The number of methoxy groups -OCH3 is 1. The van der Waals surface area contributed by atoms with Gasteiger partial charge in [0.1, 0.15) is 5.75 Å². The Bertz CT molecular complexity index is 620. The van der Waals surface area contributed by atoms with E-state index in [1.54, 1.807) is 19.2 Å². The van der Waals surface area contributed by atoms with Crippen LogP contribution in [0.25, 0.3) is 0 Å². The van der Waals surface area contributed by atoms with Gasteiger partial charge in [-0.2, -0.15) is 5.26 Å². The summed E-state index contributed by atoms with van der Waals surface area (Å²) in [5, 5.41) is 12.8. The molecule has 2 aromatic carbocycles. The second-order valence-electron chi connectivity index (χ2n) is 3.97. The Kier molecular flexibility index (Phi) is 4.27. The van der Waals surface area contributed by atoms with Crippen LogP contribution in [0.1, 0.15) is 11.1 Å². The molecule has 0 spiro atoms. The first-order valence-electron chi connectivity index (χ1n) is 5.80. The van der Waals surface area contributed by atoms with E-state index in [4.69, 9.17) is 21.6 Å². The Labute approximate surface area is 117 Å². The minimum atomic E-state index is 0.575. The van der Waals surface area contributed by atoms with Crippen molar-refractivity contribution < 1.29 is 4.74 Å². The van der Waals surface area contributed by atoms with Gasteiger partial charge < -0.3 is 10.1 Å². The highest BCUT2D eigenvalue weighted by Crippen LogP contribution is 2.27. The lowest BCUT2D eigenvalue weighted by molar-refractivity contribution is 0.415. The standard InChI is InChI=1S/C15H13ClN2O/c1-19-15-8-13(6-7-14(15)16)18-10-12-5-3-2-4-11(12)9-17/h2-8,18H,10H2,1H3. The van der Waals surface area contributed by atoms with Gasteiger partial charge in [0.2, 0.25) is 0 Å². The molecule has 0 fully saturated rings. The summed E-state index contributed by atoms with van der Waals surface area (Å²) < 4.78 is 5.16. The fourth-order valence-electron chi connectivity index (χ4n) is 1.75. The summed E-state index contributed by atoms with van der Waals surface area (Å²) in [6.07, 6.45) is 0. The van der Waals surface area contributed by atoms with Gasteiger partial charge in [-0.1, -0.05) is 29.8 Å². The average Bonchev–Trinajstić information content (AvgIpc) is 2.46. The minimum absolute atomic E-state index is 0.575. The fraction of sp³-hybridized carbons (Fsp3) is 0.133. The first-order chi connectivity index (χ1) is 9.24. The molecule has 0 bridgehead atoms. The Morgan fingerprint density at radius 1 is 1.26 bits per heavy atom. The normalized spacial score (nSPS) is 9.74. The lowest BCUT2D eigenvalue weighted by Gasteiger charge is -2.10. The zero-order valence-corrected chi connectivity index (χ0v) is 11.2. The first-order valence-corrected chi connectivity index (χ1v) is 6.18. The number of ether oxygens (including phenoxy) is 1. The van der Waals surface area contributed by atoms with Crippen molar-refractivity contribution in [2.45, 2.75) is 6.54 Å². The Morgan fingerprint density at radius 2 is 2.05 bits per heavy atom. The van der Waals surface area contributed by atoms with Gasteiger partial charge in [-0.25, -0.2) is 0 Å². The van der Waals surface area contributed by atoms with Crippen molar-refractivity contribution in [3.63, 3.8) is 0 Å². The van der Waals surface area contributed by atoms with Gasteiger partial charge in [-0.15, -0.1) is 0 Å². The van der Waals surface area contributed by atoms with Gasteiger partial charge in [-0.3, -0.25) is 0 Å². The zero-order valence-electron chi connectivity index (χ0n) is 10.5. The van der Waals surface area contributed by atoms with E-state index in [0.717, 1.165) is 11.3 Å².